The number of halogens is 1. The van der Waals surface area contributed by atoms with Crippen LogP contribution in [0.25, 0.3) is 0 Å². The highest BCUT2D eigenvalue weighted by Gasteiger charge is 2.04. The van der Waals surface area contributed by atoms with Gasteiger partial charge in [-0.3, -0.25) is 0 Å². The summed E-state index contributed by atoms with van der Waals surface area (Å²) in [5, 5.41) is 0. The summed E-state index contributed by atoms with van der Waals surface area (Å²) in [5.41, 5.74) is 0. The molecule has 0 N–H and O–H groups in total. The van der Waals surface area contributed by atoms with Crippen molar-refractivity contribution >= 4 is 11.6 Å². The zero-order chi connectivity index (χ0) is 16.2. The van der Waals surface area contributed by atoms with Crippen LogP contribution in [0.5, 0.6) is 0 Å². The van der Waals surface area contributed by atoms with Crippen LogP contribution < -0.4 is 0 Å². The van der Waals surface area contributed by atoms with Crippen molar-refractivity contribution in [1.29, 1.82) is 0 Å². The minimum Gasteiger partial charge on any atom is -0.303 e. The van der Waals surface area contributed by atoms with E-state index in [1.54, 1.807) is 0 Å². The molecule has 21 heavy (non-hydrogen) atoms. The van der Waals surface area contributed by atoms with Crippen molar-refractivity contribution < 1.29 is 0 Å². The molecule has 0 aliphatic rings. The van der Waals surface area contributed by atoms with Gasteiger partial charge in [0.15, 0.2) is 0 Å². The zero-order valence-corrected chi connectivity index (χ0v) is 16.2. The van der Waals surface area contributed by atoms with E-state index in [-0.39, 0.29) is 0 Å². The Labute approximate surface area is 140 Å². The Balaban J connectivity index is 0. The van der Waals surface area contributed by atoms with Crippen LogP contribution in [0.2, 0.25) is 0 Å². The highest BCUT2D eigenvalue weighted by atomic mass is 35.5. The van der Waals surface area contributed by atoms with Crippen molar-refractivity contribution in [2.24, 2.45) is 0 Å². The standard InChI is InChI=1S/C18H39N.CH3Cl/c1-4-7-10-13-16-19(17-14-11-8-5-2)18-15-12-9-6-3;1-2/h4-18H2,1-3H3;1H3. The normalized spacial score (nSPS) is 10.6. The maximum Gasteiger partial charge on any atom is 0.0108 e. The molecule has 0 aromatic carbocycles. The largest absolute Gasteiger partial charge is 0.303 e. The molecule has 0 heterocycles. The lowest BCUT2D eigenvalue weighted by Crippen LogP contribution is -2.27. The summed E-state index contributed by atoms with van der Waals surface area (Å²) in [7, 11) is 0. The van der Waals surface area contributed by atoms with Gasteiger partial charge in [0.1, 0.15) is 0 Å². The zero-order valence-electron chi connectivity index (χ0n) is 15.4. The molecule has 0 spiro atoms. The number of alkyl halides is 1. The molecule has 0 atom stereocenters. The molecule has 0 saturated heterocycles. The van der Waals surface area contributed by atoms with Gasteiger partial charge in [0.2, 0.25) is 0 Å². The van der Waals surface area contributed by atoms with Gasteiger partial charge in [0, 0.05) is 6.38 Å². The number of nitrogens with zero attached hydrogens (tertiary/aromatic N) is 1. The predicted octanol–water partition coefficient (Wildman–Crippen LogP) is 6.88. The summed E-state index contributed by atoms with van der Waals surface area (Å²) in [4.78, 5) is 2.74. The second-order valence-electron chi connectivity index (χ2n) is 6.02. The molecule has 0 bridgehead atoms. The van der Waals surface area contributed by atoms with Crippen molar-refractivity contribution in [3.05, 3.63) is 0 Å². The van der Waals surface area contributed by atoms with Crippen molar-refractivity contribution in [2.75, 3.05) is 26.0 Å². The van der Waals surface area contributed by atoms with Gasteiger partial charge in [-0.1, -0.05) is 78.6 Å². The van der Waals surface area contributed by atoms with Gasteiger partial charge < -0.3 is 4.90 Å². The fraction of sp³-hybridized carbons (Fsp3) is 1.00. The second kappa shape index (κ2) is 22.5. The fourth-order valence-corrected chi connectivity index (χ4v) is 2.62. The van der Waals surface area contributed by atoms with Gasteiger partial charge in [0.25, 0.3) is 0 Å². The van der Waals surface area contributed by atoms with Gasteiger partial charge in [-0.25, -0.2) is 0 Å². The summed E-state index contributed by atoms with van der Waals surface area (Å²) in [6.07, 6.45) is 18.3. The summed E-state index contributed by atoms with van der Waals surface area (Å²) in [5.74, 6) is 0. The molecule has 0 amide bonds. The minimum absolute atomic E-state index is 1.35. The first-order chi connectivity index (χ1) is 10.3. The lowest BCUT2D eigenvalue weighted by atomic mass is 10.1. The molecule has 0 saturated carbocycles. The molecular weight excluding hydrogens is 278 g/mol. The molecule has 130 valence electrons. The van der Waals surface area contributed by atoms with E-state index in [9.17, 15) is 0 Å². The Bertz CT molecular complexity index is 133. The van der Waals surface area contributed by atoms with E-state index in [4.69, 9.17) is 0 Å². The van der Waals surface area contributed by atoms with E-state index in [2.05, 4.69) is 37.3 Å². The Hall–Kier alpha value is 0.250. The Morgan fingerprint density at radius 2 is 0.762 bits per heavy atom. The van der Waals surface area contributed by atoms with Crippen molar-refractivity contribution in [3.63, 3.8) is 0 Å². The van der Waals surface area contributed by atoms with E-state index < -0.39 is 0 Å². The highest BCUT2D eigenvalue weighted by Crippen LogP contribution is 2.08. The number of rotatable bonds is 15. The van der Waals surface area contributed by atoms with Crippen molar-refractivity contribution in [1.82, 2.24) is 4.90 Å². The average Bonchev–Trinajstić information content (AvgIpc) is 2.53. The molecule has 0 radical (unpaired) electrons. The van der Waals surface area contributed by atoms with E-state index in [0.717, 1.165) is 0 Å². The minimum atomic E-state index is 1.35. The molecule has 0 aromatic rings. The summed E-state index contributed by atoms with van der Waals surface area (Å²) in [6, 6.07) is 0. The van der Waals surface area contributed by atoms with E-state index >= 15 is 0 Å². The first kappa shape index (κ1) is 23.5. The third-order valence-electron chi connectivity index (χ3n) is 3.98. The number of hydrogen-bond donors (Lipinski definition) is 0. The van der Waals surface area contributed by atoms with Crippen LogP contribution in [0.15, 0.2) is 0 Å². The Morgan fingerprint density at radius 1 is 0.476 bits per heavy atom. The molecule has 0 aliphatic heterocycles. The molecule has 0 aliphatic carbocycles. The first-order valence-corrected chi connectivity index (χ1v) is 10.2. The lowest BCUT2D eigenvalue weighted by molar-refractivity contribution is 0.255. The summed E-state index contributed by atoms with van der Waals surface area (Å²) in [6.45, 7) is 10.9. The van der Waals surface area contributed by atoms with Crippen molar-refractivity contribution in [3.8, 4) is 0 Å². The topological polar surface area (TPSA) is 3.24 Å². The van der Waals surface area contributed by atoms with Gasteiger partial charge in [-0.15, -0.1) is 11.6 Å². The summed E-state index contributed by atoms with van der Waals surface area (Å²) < 4.78 is 0. The van der Waals surface area contributed by atoms with E-state index in [1.165, 1.54) is 103 Å². The van der Waals surface area contributed by atoms with Crippen molar-refractivity contribution in [2.45, 2.75) is 97.8 Å². The predicted molar refractivity (Wildman–Crippen MR) is 101 cm³/mol. The van der Waals surface area contributed by atoms with Crippen LogP contribution in [-0.4, -0.2) is 30.9 Å². The van der Waals surface area contributed by atoms with Crippen LogP contribution in [0.3, 0.4) is 0 Å². The number of hydrogen-bond acceptors (Lipinski definition) is 1. The van der Waals surface area contributed by atoms with Crippen LogP contribution in [-0.2, 0) is 0 Å². The molecule has 0 aromatic heterocycles. The molecule has 0 unspecified atom stereocenters. The lowest BCUT2D eigenvalue weighted by Gasteiger charge is -2.22. The SMILES string of the molecule is CCCCCCN(CCCCCC)CCCCCC.CCl. The highest BCUT2D eigenvalue weighted by molar-refractivity contribution is 6.15. The molecule has 0 fully saturated rings. The van der Waals surface area contributed by atoms with Crippen LogP contribution in [0, 0.1) is 0 Å². The van der Waals surface area contributed by atoms with Crippen LogP contribution in [0.1, 0.15) is 97.8 Å². The molecular formula is C19H42ClN. The van der Waals surface area contributed by atoms with Gasteiger partial charge in [-0.05, 0) is 38.9 Å². The average molecular weight is 320 g/mol. The quantitative estimate of drug-likeness (QED) is 0.235. The van der Waals surface area contributed by atoms with Crippen LogP contribution >= 0.6 is 11.6 Å². The van der Waals surface area contributed by atoms with Gasteiger partial charge in [-0.2, -0.15) is 0 Å². The maximum atomic E-state index is 4.64. The Kier molecular flexibility index (Phi) is 25.2. The maximum absolute atomic E-state index is 4.64. The van der Waals surface area contributed by atoms with Gasteiger partial charge in [0.05, 0.1) is 0 Å². The second-order valence-corrected chi connectivity index (χ2v) is 6.02. The smallest absolute Gasteiger partial charge is 0.0108 e. The Morgan fingerprint density at radius 3 is 1.00 bits per heavy atom. The molecule has 2 heteroatoms. The summed E-state index contributed by atoms with van der Waals surface area (Å²) >= 11 is 4.64. The van der Waals surface area contributed by atoms with E-state index in [0.29, 0.717) is 0 Å². The third-order valence-corrected chi connectivity index (χ3v) is 3.98. The third kappa shape index (κ3) is 20.2. The first-order valence-electron chi connectivity index (χ1n) is 9.45. The molecule has 0 rings (SSSR count). The van der Waals surface area contributed by atoms with Crippen LogP contribution in [0.4, 0.5) is 0 Å². The fourth-order valence-electron chi connectivity index (χ4n) is 2.62. The van der Waals surface area contributed by atoms with Gasteiger partial charge >= 0.3 is 0 Å². The van der Waals surface area contributed by atoms with E-state index in [1.807, 2.05) is 0 Å². The monoisotopic (exact) mass is 319 g/mol. The number of unbranched alkanes of at least 4 members (excludes halogenated alkanes) is 9. The molecule has 1 nitrogen and oxygen atoms in total.